The van der Waals surface area contributed by atoms with Crippen LogP contribution in [0.5, 0.6) is 0 Å². The first-order valence-electron chi connectivity index (χ1n) is 6.32. The smallest absolute Gasteiger partial charge is 0.231 e. The van der Waals surface area contributed by atoms with Crippen LogP contribution in [0.2, 0.25) is 5.02 Å². The van der Waals surface area contributed by atoms with Crippen LogP contribution < -0.4 is 11.1 Å². The number of benzene rings is 1. The van der Waals surface area contributed by atoms with Gasteiger partial charge in [-0.1, -0.05) is 24.4 Å². The highest BCUT2D eigenvalue weighted by molar-refractivity contribution is 6.31. The number of rotatable bonds is 3. The first kappa shape index (κ1) is 13.9. The Kier molecular flexibility index (Phi) is 4.08. The third kappa shape index (κ3) is 2.73. The molecule has 0 unspecified atom stereocenters. The molecule has 0 saturated heterocycles. The van der Waals surface area contributed by atoms with Crippen molar-refractivity contribution in [3.05, 3.63) is 28.8 Å². The molecule has 1 aliphatic rings. The molecule has 4 nitrogen and oxygen atoms in total. The molecule has 0 atom stereocenters. The second-order valence-electron chi connectivity index (χ2n) is 4.95. The maximum absolute atomic E-state index is 12.3. The van der Waals surface area contributed by atoms with Crippen LogP contribution in [0, 0.1) is 16.7 Å². The third-order valence-corrected chi connectivity index (χ3v) is 4.11. The zero-order chi connectivity index (χ0) is 13.9. The quantitative estimate of drug-likeness (QED) is 0.891. The Bertz CT molecular complexity index is 530. The summed E-state index contributed by atoms with van der Waals surface area (Å²) in [5.74, 6) is -0.0567. The van der Waals surface area contributed by atoms with Gasteiger partial charge in [-0.05, 0) is 31.0 Å². The van der Waals surface area contributed by atoms with Crippen LogP contribution in [0.4, 0.5) is 5.69 Å². The number of carbonyl (C=O) groups is 1. The summed E-state index contributed by atoms with van der Waals surface area (Å²) >= 11 is 5.86. The molecule has 19 heavy (non-hydrogen) atoms. The maximum Gasteiger partial charge on any atom is 0.231 e. The lowest BCUT2D eigenvalue weighted by atomic mass is 9.85. The molecule has 1 amide bonds. The molecule has 1 saturated carbocycles. The molecule has 1 aromatic rings. The van der Waals surface area contributed by atoms with Gasteiger partial charge in [-0.2, -0.15) is 5.26 Å². The minimum atomic E-state index is -0.452. The lowest BCUT2D eigenvalue weighted by Crippen LogP contribution is -2.40. The second-order valence-corrected chi connectivity index (χ2v) is 5.36. The van der Waals surface area contributed by atoms with Crippen molar-refractivity contribution in [2.75, 3.05) is 11.9 Å². The number of hydrogen-bond donors (Lipinski definition) is 2. The van der Waals surface area contributed by atoms with Crippen LogP contribution in [-0.4, -0.2) is 12.5 Å². The predicted molar refractivity (Wildman–Crippen MR) is 74.8 cm³/mol. The van der Waals surface area contributed by atoms with Crippen molar-refractivity contribution in [1.29, 1.82) is 5.26 Å². The molecule has 1 fully saturated rings. The molecule has 0 heterocycles. The monoisotopic (exact) mass is 277 g/mol. The number of nitrogens with one attached hydrogen (secondary N) is 1. The van der Waals surface area contributed by atoms with Gasteiger partial charge in [0, 0.05) is 12.2 Å². The van der Waals surface area contributed by atoms with Gasteiger partial charge >= 0.3 is 0 Å². The molecule has 1 aliphatic carbocycles. The number of hydrogen-bond acceptors (Lipinski definition) is 3. The molecule has 0 radical (unpaired) electrons. The highest BCUT2D eigenvalue weighted by Gasteiger charge is 2.39. The lowest BCUT2D eigenvalue weighted by molar-refractivity contribution is -0.124. The summed E-state index contributed by atoms with van der Waals surface area (Å²) in [7, 11) is 0. The van der Waals surface area contributed by atoms with Gasteiger partial charge in [0.05, 0.1) is 16.0 Å². The molecular formula is C14H16ClN3O. The van der Waals surface area contributed by atoms with Crippen molar-refractivity contribution >= 4 is 23.2 Å². The SMILES string of the molecule is N#Cc1cc(NC(=O)C2(CN)CCCC2)ccc1Cl. The first-order chi connectivity index (χ1) is 9.11. The molecule has 100 valence electrons. The van der Waals surface area contributed by atoms with E-state index < -0.39 is 5.41 Å². The summed E-state index contributed by atoms with van der Waals surface area (Å²) in [5, 5.41) is 12.2. The number of nitriles is 1. The van der Waals surface area contributed by atoms with Crippen LogP contribution in [-0.2, 0) is 4.79 Å². The van der Waals surface area contributed by atoms with Crippen molar-refractivity contribution in [2.45, 2.75) is 25.7 Å². The third-order valence-electron chi connectivity index (χ3n) is 3.78. The number of amides is 1. The van der Waals surface area contributed by atoms with Crippen molar-refractivity contribution < 1.29 is 4.79 Å². The van der Waals surface area contributed by atoms with E-state index in [1.54, 1.807) is 18.2 Å². The minimum absolute atomic E-state index is 0.0567. The molecule has 0 aliphatic heterocycles. The average Bonchev–Trinajstić information content (AvgIpc) is 2.91. The van der Waals surface area contributed by atoms with E-state index in [0.29, 0.717) is 22.8 Å². The molecular weight excluding hydrogens is 262 g/mol. The lowest BCUT2D eigenvalue weighted by Gasteiger charge is -2.25. The van der Waals surface area contributed by atoms with Gasteiger partial charge in [-0.25, -0.2) is 0 Å². The van der Waals surface area contributed by atoms with Crippen LogP contribution in [0.25, 0.3) is 0 Å². The van der Waals surface area contributed by atoms with Crippen molar-refractivity contribution in [2.24, 2.45) is 11.1 Å². The normalized spacial score (nSPS) is 16.9. The zero-order valence-electron chi connectivity index (χ0n) is 10.6. The second kappa shape index (κ2) is 5.60. The Labute approximate surface area is 117 Å². The topological polar surface area (TPSA) is 78.9 Å². The van der Waals surface area contributed by atoms with E-state index in [-0.39, 0.29) is 5.91 Å². The summed E-state index contributed by atoms with van der Waals surface area (Å²) in [6, 6.07) is 6.88. The standard InChI is InChI=1S/C14H16ClN3O/c15-12-4-3-11(7-10(12)8-16)18-13(19)14(9-17)5-1-2-6-14/h3-4,7H,1-2,5-6,9,17H2,(H,18,19). The van der Waals surface area contributed by atoms with Crippen LogP contribution in [0.15, 0.2) is 18.2 Å². The summed E-state index contributed by atoms with van der Waals surface area (Å²) < 4.78 is 0. The highest BCUT2D eigenvalue weighted by atomic mass is 35.5. The van der Waals surface area contributed by atoms with Gasteiger partial charge in [-0.15, -0.1) is 0 Å². The molecule has 2 rings (SSSR count). The van der Waals surface area contributed by atoms with Crippen LogP contribution in [0.3, 0.4) is 0 Å². The van der Waals surface area contributed by atoms with Crippen molar-refractivity contribution in [3.8, 4) is 6.07 Å². The number of nitrogens with zero attached hydrogens (tertiary/aromatic N) is 1. The van der Waals surface area contributed by atoms with Gasteiger partial charge in [0.15, 0.2) is 0 Å². The number of nitrogens with two attached hydrogens (primary N) is 1. The number of anilines is 1. The highest BCUT2D eigenvalue weighted by Crippen LogP contribution is 2.38. The number of carbonyl (C=O) groups excluding carboxylic acids is 1. The van der Waals surface area contributed by atoms with Crippen molar-refractivity contribution in [3.63, 3.8) is 0 Å². The van der Waals surface area contributed by atoms with Gasteiger partial charge in [0.1, 0.15) is 6.07 Å². The Morgan fingerprint density at radius 2 is 2.16 bits per heavy atom. The molecule has 3 N–H and O–H groups in total. The van der Waals surface area contributed by atoms with E-state index in [2.05, 4.69) is 5.32 Å². The largest absolute Gasteiger partial charge is 0.329 e. The molecule has 1 aromatic carbocycles. The van der Waals surface area contributed by atoms with Crippen LogP contribution in [0.1, 0.15) is 31.2 Å². The molecule has 0 aromatic heterocycles. The van der Waals surface area contributed by atoms with E-state index in [1.165, 1.54) is 0 Å². The minimum Gasteiger partial charge on any atom is -0.329 e. The fourth-order valence-electron chi connectivity index (χ4n) is 2.53. The molecule has 5 heteroatoms. The van der Waals surface area contributed by atoms with Crippen LogP contribution >= 0.6 is 11.6 Å². The zero-order valence-corrected chi connectivity index (χ0v) is 11.3. The van der Waals surface area contributed by atoms with E-state index >= 15 is 0 Å². The van der Waals surface area contributed by atoms with E-state index in [4.69, 9.17) is 22.6 Å². The maximum atomic E-state index is 12.3. The average molecular weight is 278 g/mol. The van der Waals surface area contributed by atoms with Gasteiger partial charge < -0.3 is 11.1 Å². The Morgan fingerprint density at radius 3 is 2.74 bits per heavy atom. The number of halogens is 1. The predicted octanol–water partition coefficient (Wildman–Crippen LogP) is 2.67. The van der Waals surface area contributed by atoms with Gasteiger partial charge in [0.25, 0.3) is 0 Å². The summed E-state index contributed by atoms with van der Waals surface area (Å²) in [6.45, 7) is 0.359. The Morgan fingerprint density at radius 1 is 1.47 bits per heavy atom. The molecule has 0 spiro atoms. The fraction of sp³-hybridized carbons (Fsp3) is 0.429. The Balaban J connectivity index is 2.17. The summed E-state index contributed by atoms with van der Waals surface area (Å²) in [5.41, 5.74) is 6.26. The van der Waals surface area contributed by atoms with E-state index in [0.717, 1.165) is 25.7 Å². The van der Waals surface area contributed by atoms with E-state index in [9.17, 15) is 4.79 Å². The Hall–Kier alpha value is -1.57. The van der Waals surface area contributed by atoms with E-state index in [1.807, 2.05) is 6.07 Å². The van der Waals surface area contributed by atoms with Crippen molar-refractivity contribution in [1.82, 2.24) is 0 Å². The molecule has 0 bridgehead atoms. The fourth-order valence-corrected chi connectivity index (χ4v) is 2.69. The van der Waals surface area contributed by atoms with Gasteiger partial charge in [-0.3, -0.25) is 4.79 Å². The summed E-state index contributed by atoms with van der Waals surface area (Å²) in [4.78, 5) is 12.3. The van der Waals surface area contributed by atoms with Gasteiger partial charge in [0.2, 0.25) is 5.91 Å². The first-order valence-corrected chi connectivity index (χ1v) is 6.70. The summed E-state index contributed by atoms with van der Waals surface area (Å²) in [6.07, 6.45) is 3.73.